The Morgan fingerprint density at radius 3 is 2.21 bits per heavy atom. The van der Waals surface area contributed by atoms with Crippen LogP contribution in [0.25, 0.3) is 0 Å². The number of aromatic nitrogens is 1. The molecular formula is C15H18N2OS. The lowest BCUT2D eigenvalue weighted by atomic mass is 9.95. The first-order valence-electron chi connectivity index (χ1n) is 6.15. The van der Waals surface area contributed by atoms with Gasteiger partial charge in [0.1, 0.15) is 5.69 Å². The summed E-state index contributed by atoms with van der Waals surface area (Å²) >= 11 is 1.49. The Morgan fingerprint density at radius 1 is 1.16 bits per heavy atom. The second kappa shape index (κ2) is 5.13. The zero-order chi connectivity index (χ0) is 14.2. The lowest BCUT2D eigenvalue weighted by Crippen LogP contribution is -2.10. The van der Waals surface area contributed by atoms with Crippen molar-refractivity contribution in [2.75, 3.05) is 19.0 Å². The highest BCUT2D eigenvalue weighted by Gasteiger charge is 2.18. The van der Waals surface area contributed by atoms with E-state index in [2.05, 4.69) is 4.98 Å². The number of thiazole rings is 1. The molecule has 1 heterocycles. The van der Waals surface area contributed by atoms with Crippen LogP contribution >= 0.6 is 11.3 Å². The number of hydrogen-bond acceptors (Lipinski definition) is 4. The van der Waals surface area contributed by atoms with Crippen molar-refractivity contribution in [1.29, 1.82) is 0 Å². The van der Waals surface area contributed by atoms with Gasteiger partial charge >= 0.3 is 0 Å². The lowest BCUT2D eigenvalue weighted by molar-refractivity contribution is 0.103. The Labute approximate surface area is 117 Å². The summed E-state index contributed by atoms with van der Waals surface area (Å²) in [6, 6.07) is 4.08. The van der Waals surface area contributed by atoms with Gasteiger partial charge in [0.15, 0.2) is 5.13 Å². The van der Waals surface area contributed by atoms with Crippen LogP contribution in [-0.2, 0) is 0 Å². The molecule has 0 aliphatic rings. The summed E-state index contributed by atoms with van der Waals surface area (Å²) in [6.07, 6.45) is 0. The van der Waals surface area contributed by atoms with Gasteiger partial charge < -0.3 is 4.90 Å². The molecule has 0 spiro atoms. The Balaban J connectivity index is 2.44. The van der Waals surface area contributed by atoms with Crippen molar-refractivity contribution >= 4 is 22.3 Å². The molecule has 0 unspecified atom stereocenters. The van der Waals surface area contributed by atoms with Crippen LogP contribution in [0.2, 0.25) is 0 Å². The van der Waals surface area contributed by atoms with E-state index in [1.54, 1.807) is 0 Å². The zero-order valence-corrected chi connectivity index (χ0v) is 12.8. The molecule has 0 atom stereocenters. The third-order valence-electron chi connectivity index (χ3n) is 3.01. The molecule has 0 saturated heterocycles. The molecule has 19 heavy (non-hydrogen) atoms. The summed E-state index contributed by atoms with van der Waals surface area (Å²) < 4.78 is 0. The maximum absolute atomic E-state index is 12.6. The molecule has 2 rings (SSSR count). The third kappa shape index (κ3) is 2.68. The van der Waals surface area contributed by atoms with E-state index in [0.29, 0.717) is 5.69 Å². The van der Waals surface area contributed by atoms with Gasteiger partial charge in [-0.1, -0.05) is 17.7 Å². The Hall–Kier alpha value is -1.68. The molecule has 1 aromatic carbocycles. The smallest absolute Gasteiger partial charge is 0.212 e. The van der Waals surface area contributed by atoms with E-state index in [1.807, 2.05) is 57.3 Å². The molecule has 0 N–H and O–H groups in total. The molecule has 0 bridgehead atoms. The van der Waals surface area contributed by atoms with Crippen LogP contribution in [0.1, 0.15) is 32.7 Å². The molecule has 0 amide bonds. The molecule has 1 aromatic heterocycles. The number of benzene rings is 1. The molecule has 0 radical (unpaired) electrons. The van der Waals surface area contributed by atoms with Gasteiger partial charge in [-0.3, -0.25) is 4.79 Å². The zero-order valence-electron chi connectivity index (χ0n) is 11.9. The summed E-state index contributed by atoms with van der Waals surface area (Å²) in [7, 11) is 3.85. The van der Waals surface area contributed by atoms with Crippen molar-refractivity contribution in [2.45, 2.75) is 20.8 Å². The lowest BCUT2D eigenvalue weighted by Gasteiger charge is -2.09. The van der Waals surface area contributed by atoms with E-state index in [9.17, 15) is 4.79 Å². The van der Waals surface area contributed by atoms with Crippen LogP contribution in [0.15, 0.2) is 17.5 Å². The van der Waals surface area contributed by atoms with E-state index >= 15 is 0 Å². The van der Waals surface area contributed by atoms with Crippen molar-refractivity contribution in [3.8, 4) is 0 Å². The highest BCUT2D eigenvalue weighted by atomic mass is 32.1. The van der Waals surface area contributed by atoms with E-state index in [-0.39, 0.29) is 5.78 Å². The molecular weight excluding hydrogens is 256 g/mol. The Kier molecular flexibility index (Phi) is 3.71. The van der Waals surface area contributed by atoms with Crippen LogP contribution in [-0.4, -0.2) is 24.9 Å². The number of ketones is 1. The second-order valence-corrected chi connectivity index (χ2v) is 5.85. The van der Waals surface area contributed by atoms with Crippen LogP contribution in [0.4, 0.5) is 5.13 Å². The molecule has 0 aliphatic heterocycles. The largest absolute Gasteiger partial charge is 0.354 e. The van der Waals surface area contributed by atoms with Crippen molar-refractivity contribution in [2.24, 2.45) is 0 Å². The third-order valence-corrected chi connectivity index (χ3v) is 4.02. The molecule has 100 valence electrons. The fourth-order valence-electron chi connectivity index (χ4n) is 2.24. The van der Waals surface area contributed by atoms with Crippen LogP contribution in [0.5, 0.6) is 0 Å². The van der Waals surface area contributed by atoms with E-state index in [4.69, 9.17) is 0 Å². The Morgan fingerprint density at radius 2 is 1.74 bits per heavy atom. The molecule has 0 saturated carbocycles. The Bertz CT molecular complexity index is 606. The summed E-state index contributed by atoms with van der Waals surface area (Å²) in [6.45, 7) is 6.00. The second-order valence-electron chi connectivity index (χ2n) is 5.01. The minimum Gasteiger partial charge on any atom is -0.354 e. The molecule has 0 fully saturated rings. The topological polar surface area (TPSA) is 33.2 Å². The van der Waals surface area contributed by atoms with Gasteiger partial charge in [-0.2, -0.15) is 0 Å². The fourth-order valence-corrected chi connectivity index (χ4v) is 2.98. The average molecular weight is 274 g/mol. The highest BCUT2D eigenvalue weighted by Crippen LogP contribution is 2.24. The minimum atomic E-state index is 0.0133. The first kappa shape index (κ1) is 13.7. The van der Waals surface area contributed by atoms with Crippen LogP contribution in [0, 0.1) is 20.8 Å². The van der Waals surface area contributed by atoms with E-state index in [0.717, 1.165) is 21.8 Å². The summed E-state index contributed by atoms with van der Waals surface area (Å²) in [5.74, 6) is 0.0133. The standard InChI is InChI=1S/C15H18N2OS/c1-9-6-10(2)13(11(3)7-9)14(18)12-8-19-15(16-12)17(4)5/h6-8H,1-5H3. The highest BCUT2D eigenvalue weighted by molar-refractivity contribution is 7.13. The van der Waals surface area contributed by atoms with Crippen LogP contribution < -0.4 is 4.90 Å². The maximum atomic E-state index is 12.6. The number of carbonyl (C=O) groups excluding carboxylic acids is 1. The monoisotopic (exact) mass is 274 g/mol. The van der Waals surface area contributed by atoms with Gasteiger partial charge in [-0.15, -0.1) is 11.3 Å². The number of rotatable bonds is 3. The molecule has 0 aliphatic carbocycles. The van der Waals surface area contributed by atoms with Gasteiger partial charge in [0.2, 0.25) is 5.78 Å². The van der Waals surface area contributed by atoms with Crippen molar-refractivity contribution < 1.29 is 4.79 Å². The predicted molar refractivity (Wildman–Crippen MR) is 80.5 cm³/mol. The fraction of sp³-hybridized carbons (Fsp3) is 0.333. The summed E-state index contributed by atoms with van der Waals surface area (Å²) in [5, 5.41) is 2.68. The van der Waals surface area contributed by atoms with Gasteiger partial charge in [-0.05, 0) is 31.9 Å². The normalized spacial score (nSPS) is 10.6. The number of hydrogen-bond donors (Lipinski definition) is 0. The van der Waals surface area contributed by atoms with Gasteiger partial charge in [-0.25, -0.2) is 4.98 Å². The number of anilines is 1. The average Bonchev–Trinajstić information content (AvgIpc) is 2.76. The first-order chi connectivity index (χ1) is 8.90. The molecule has 4 heteroatoms. The maximum Gasteiger partial charge on any atom is 0.212 e. The first-order valence-corrected chi connectivity index (χ1v) is 7.03. The number of nitrogens with zero attached hydrogens (tertiary/aromatic N) is 2. The summed E-state index contributed by atoms with van der Waals surface area (Å²) in [5.41, 5.74) is 4.52. The molecule has 3 nitrogen and oxygen atoms in total. The van der Waals surface area contributed by atoms with E-state index < -0.39 is 0 Å². The van der Waals surface area contributed by atoms with E-state index in [1.165, 1.54) is 16.9 Å². The van der Waals surface area contributed by atoms with Gasteiger partial charge in [0.05, 0.1) is 0 Å². The minimum absolute atomic E-state index is 0.0133. The molecule has 2 aromatic rings. The van der Waals surface area contributed by atoms with Gasteiger partial charge in [0, 0.05) is 25.0 Å². The van der Waals surface area contributed by atoms with Crippen molar-refractivity contribution in [3.05, 3.63) is 45.5 Å². The number of carbonyl (C=O) groups is 1. The quantitative estimate of drug-likeness (QED) is 0.805. The van der Waals surface area contributed by atoms with Crippen molar-refractivity contribution in [1.82, 2.24) is 4.98 Å². The van der Waals surface area contributed by atoms with Crippen LogP contribution in [0.3, 0.4) is 0 Å². The van der Waals surface area contributed by atoms with Crippen molar-refractivity contribution in [3.63, 3.8) is 0 Å². The van der Waals surface area contributed by atoms with Gasteiger partial charge in [0.25, 0.3) is 0 Å². The summed E-state index contributed by atoms with van der Waals surface area (Å²) in [4.78, 5) is 18.9. The predicted octanol–water partition coefficient (Wildman–Crippen LogP) is 3.37. The SMILES string of the molecule is Cc1cc(C)c(C(=O)c2csc(N(C)C)n2)c(C)c1. The number of aryl methyl sites for hydroxylation is 3.